The van der Waals surface area contributed by atoms with Crippen molar-refractivity contribution in [3.8, 4) is 0 Å². The zero-order chi connectivity index (χ0) is 24.7. The van der Waals surface area contributed by atoms with Crippen molar-refractivity contribution in [2.75, 3.05) is 25.2 Å². The lowest BCUT2D eigenvalue weighted by Gasteiger charge is -2.18. The van der Waals surface area contributed by atoms with Crippen molar-refractivity contribution in [3.05, 3.63) is 0 Å². The Kier molecular flexibility index (Phi) is 36.1. The Morgan fingerprint density at radius 1 is 0.576 bits per heavy atom. The molecule has 0 atom stereocenters. The molecule has 0 saturated heterocycles. The first-order valence-electron chi connectivity index (χ1n) is 14.1. The number of ether oxygens (including phenoxy) is 3. The van der Waals surface area contributed by atoms with Gasteiger partial charge < -0.3 is 14.2 Å². The third-order valence-electron chi connectivity index (χ3n) is 5.59. The van der Waals surface area contributed by atoms with E-state index in [1.165, 1.54) is 89.9 Å². The standard InChI is InChI=1S/C22H46O2.C6H11BrO2/c1-4-7-9-11-13-15-17-20-23-22(19-6-3)24-21-18-16-14-12-10-8-5-2;7-4-2-1-3-5-9-6-8/h22H,4-21H2,1-3H3;6H,1-5H2. The highest BCUT2D eigenvalue weighted by molar-refractivity contribution is 9.09. The summed E-state index contributed by atoms with van der Waals surface area (Å²) in [6.07, 6.45) is 24.2. The fourth-order valence-electron chi connectivity index (χ4n) is 3.50. The first-order chi connectivity index (χ1) is 16.3. The molecule has 0 aromatic heterocycles. The van der Waals surface area contributed by atoms with Gasteiger partial charge in [-0.1, -0.05) is 120 Å². The first kappa shape index (κ1) is 35.0. The molecule has 4 nitrogen and oxygen atoms in total. The molecule has 0 saturated carbocycles. The maximum absolute atomic E-state index is 9.61. The lowest BCUT2D eigenvalue weighted by molar-refractivity contribution is -0.147. The molecule has 0 heterocycles. The van der Waals surface area contributed by atoms with Crippen LogP contribution in [0.1, 0.15) is 143 Å². The summed E-state index contributed by atoms with van der Waals surface area (Å²) in [7, 11) is 0. The van der Waals surface area contributed by atoms with Crippen LogP contribution in [-0.2, 0) is 19.0 Å². The van der Waals surface area contributed by atoms with Crippen LogP contribution in [0.5, 0.6) is 0 Å². The van der Waals surface area contributed by atoms with E-state index >= 15 is 0 Å². The van der Waals surface area contributed by atoms with Crippen LogP contribution in [0.25, 0.3) is 0 Å². The molecule has 0 bridgehead atoms. The van der Waals surface area contributed by atoms with E-state index in [0.29, 0.717) is 13.1 Å². The lowest BCUT2D eigenvalue weighted by atomic mass is 10.1. The summed E-state index contributed by atoms with van der Waals surface area (Å²) < 4.78 is 16.4. The molecular formula is C28H57BrO4. The van der Waals surface area contributed by atoms with Crippen LogP contribution in [0.4, 0.5) is 0 Å². The van der Waals surface area contributed by atoms with E-state index in [1.807, 2.05) is 0 Å². The van der Waals surface area contributed by atoms with Crippen LogP contribution in [-0.4, -0.2) is 37.9 Å². The Morgan fingerprint density at radius 2 is 1.00 bits per heavy atom. The van der Waals surface area contributed by atoms with Gasteiger partial charge in [0.25, 0.3) is 6.47 Å². The zero-order valence-electron chi connectivity index (χ0n) is 22.4. The highest BCUT2D eigenvalue weighted by Crippen LogP contribution is 2.11. The van der Waals surface area contributed by atoms with Crippen molar-refractivity contribution in [1.82, 2.24) is 0 Å². The van der Waals surface area contributed by atoms with Gasteiger partial charge in [0.2, 0.25) is 0 Å². The van der Waals surface area contributed by atoms with E-state index in [9.17, 15) is 4.79 Å². The molecule has 0 aromatic rings. The Balaban J connectivity index is 0. The van der Waals surface area contributed by atoms with Crippen molar-refractivity contribution in [2.24, 2.45) is 0 Å². The van der Waals surface area contributed by atoms with Crippen LogP contribution in [0.2, 0.25) is 0 Å². The Hall–Kier alpha value is -0.130. The van der Waals surface area contributed by atoms with E-state index in [2.05, 4.69) is 41.4 Å². The smallest absolute Gasteiger partial charge is 0.293 e. The van der Waals surface area contributed by atoms with Crippen LogP contribution in [0, 0.1) is 0 Å². The quantitative estimate of drug-likeness (QED) is 0.0477. The molecule has 0 fully saturated rings. The summed E-state index contributed by atoms with van der Waals surface area (Å²) in [4.78, 5) is 9.61. The number of alkyl halides is 1. The Bertz CT molecular complexity index is 322. The highest BCUT2D eigenvalue weighted by atomic mass is 79.9. The second-order valence-corrected chi connectivity index (χ2v) is 9.71. The summed E-state index contributed by atoms with van der Waals surface area (Å²) in [6.45, 7) is 9.55. The van der Waals surface area contributed by atoms with Gasteiger partial charge in [0.1, 0.15) is 0 Å². The monoisotopic (exact) mass is 536 g/mol. The van der Waals surface area contributed by atoms with Gasteiger partial charge in [0.15, 0.2) is 6.29 Å². The predicted molar refractivity (Wildman–Crippen MR) is 146 cm³/mol. The molecule has 0 aliphatic carbocycles. The van der Waals surface area contributed by atoms with Crippen molar-refractivity contribution < 1.29 is 19.0 Å². The highest BCUT2D eigenvalue weighted by Gasteiger charge is 2.07. The second kappa shape index (κ2) is 34.0. The van der Waals surface area contributed by atoms with Gasteiger partial charge in [0, 0.05) is 18.5 Å². The minimum Gasteiger partial charge on any atom is -0.468 e. The van der Waals surface area contributed by atoms with Gasteiger partial charge in [-0.3, -0.25) is 4.79 Å². The molecule has 5 heteroatoms. The third-order valence-corrected chi connectivity index (χ3v) is 6.15. The summed E-state index contributed by atoms with van der Waals surface area (Å²) >= 11 is 3.31. The Morgan fingerprint density at radius 3 is 1.42 bits per heavy atom. The van der Waals surface area contributed by atoms with Crippen molar-refractivity contribution in [3.63, 3.8) is 0 Å². The van der Waals surface area contributed by atoms with E-state index in [4.69, 9.17) is 9.47 Å². The number of halogens is 1. The number of rotatable bonds is 26. The molecule has 200 valence electrons. The maximum Gasteiger partial charge on any atom is 0.293 e. The summed E-state index contributed by atoms with van der Waals surface area (Å²) in [5.74, 6) is 0. The van der Waals surface area contributed by atoms with E-state index in [1.54, 1.807) is 0 Å². The normalized spacial score (nSPS) is 10.8. The maximum atomic E-state index is 9.61. The molecular weight excluding hydrogens is 480 g/mol. The van der Waals surface area contributed by atoms with E-state index < -0.39 is 0 Å². The summed E-state index contributed by atoms with van der Waals surface area (Å²) in [5.41, 5.74) is 0. The zero-order valence-corrected chi connectivity index (χ0v) is 24.0. The van der Waals surface area contributed by atoms with Gasteiger partial charge in [-0.15, -0.1) is 0 Å². The number of hydrogen-bond donors (Lipinski definition) is 0. The van der Waals surface area contributed by atoms with Crippen LogP contribution < -0.4 is 0 Å². The minimum atomic E-state index is 0.0372. The summed E-state index contributed by atoms with van der Waals surface area (Å²) in [5, 5.41) is 1.04. The topological polar surface area (TPSA) is 44.8 Å². The number of carbonyl (C=O) groups excluding carboxylic acids is 1. The van der Waals surface area contributed by atoms with Crippen molar-refractivity contribution >= 4 is 22.4 Å². The number of carbonyl (C=O) groups is 1. The van der Waals surface area contributed by atoms with Crippen LogP contribution in [0.15, 0.2) is 0 Å². The van der Waals surface area contributed by atoms with Gasteiger partial charge >= 0.3 is 0 Å². The van der Waals surface area contributed by atoms with Gasteiger partial charge in [-0.25, -0.2) is 0 Å². The van der Waals surface area contributed by atoms with E-state index in [0.717, 1.165) is 50.6 Å². The number of unbranched alkanes of at least 4 members (excludes halogenated alkanes) is 14. The van der Waals surface area contributed by atoms with Gasteiger partial charge in [-0.2, -0.15) is 0 Å². The average molecular weight is 538 g/mol. The Labute approximate surface area is 215 Å². The average Bonchev–Trinajstić information content (AvgIpc) is 2.82. The predicted octanol–water partition coefficient (Wildman–Crippen LogP) is 9.37. The van der Waals surface area contributed by atoms with Crippen molar-refractivity contribution in [2.45, 2.75) is 149 Å². The lowest BCUT2D eigenvalue weighted by Crippen LogP contribution is -2.18. The molecule has 0 spiro atoms. The molecule has 0 aromatic carbocycles. The molecule has 0 aliphatic heterocycles. The summed E-state index contributed by atoms with van der Waals surface area (Å²) in [6, 6.07) is 0. The van der Waals surface area contributed by atoms with Gasteiger partial charge in [-0.05, 0) is 38.5 Å². The fraction of sp³-hybridized carbons (Fsp3) is 0.964. The molecule has 0 rings (SSSR count). The molecule has 0 unspecified atom stereocenters. The second-order valence-electron chi connectivity index (χ2n) is 8.92. The van der Waals surface area contributed by atoms with E-state index in [-0.39, 0.29) is 6.29 Å². The largest absolute Gasteiger partial charge is 0.468 e. The molecule has 0 N–H and O–H groups in total. The first-order valence-corrected chi connectivity index (χ1v) is 15.2. The molecule has 33 heavy (non-hydrogen) atoms. The molecule has 0 aliphatic rings. The SMILES string of the molecule is CCCCCCCCCOC(CCC)OCCCCCCCCC.O=COCCCCCBr. The van der Waals surface area contributed by atoms with Crippen molar-refractivity contribution in [1.29, 1.82) is 0 Å². The molecule has 0 radical (unpaired) electrons. The van der Waals surface area contributed by atoms with Gasteiger partial charge in [0.05, 0.1) is 6.61 Å². The fourth-order valence-corrected chi connectivity index (χ4v) is 3.90. The van der Waals surface area contributed by atoms with Crippen LogP contribution in [0.3, 0.4) is 0 Å². The minimum absolute atomic E-state index is 0.0372. The number of hydrogen-bond acceptors (Lipinski definition) is 4. The molecule has 0 amide bonds. The third kappa shape index (κ3) is 34.1. The van der Waals surface area contributed by atoms with Crippen LogP contribution >= 0.6 is 15.9 Å².